The zero-order chi connectivity index (χ0) is 24.9. The Hall–Kier alpha value is -3.50. The van der Waals surface area contributed by atoms with E-state index in [0.717, 1.165) is 17.9 Å². The molecular weight excluding hydrogens is 454 g/mol. The van der Waals surface area contributed by atoms with Crippen molar-refractivity contribution in [2.75, 3.05) is 13.1 Å². The number of rotatable bonds is 8. The third-order valence-electron chi connectivity index (χ3n) is 5.47. The van der Waals surface area contributed by atoms with Crippen molar-refractivity contribution in [2.45, 2.75) is 39.1 Å². The van der Waals surface area contributed by atoms with Crippen LogP contribution >= 0.6 is 0 Å². The van der Waals surface area contributed by atoms with Gasteiger partial charge in [-0.15, -0.1) is 0 Å². The molecule has 3 rings (SSSR count). The number of aryl methyl sites for hydroxylation is 2. The Morgan fingerprint density at radius 1 is 1.03 bits per heavy atom. The molecule has 0 aliphatic heterocycles. The molecule has 0 saturated carbocycles. The summed E-state index contributed by atoms with van der Waals surface area (Å²) in [6, 6.07) is 11.4. The predicted molar refractivity (Wildman–Crippen MR) is 131 cm³/mol. The van der Waals surface area contributed by atoms with Crippen LogP contribution in [0.5, 0.6) is 0 Å². The number of hydrogen-bond donors (Lipinski definition) is 2. The number of hydrogen-bond acceptors (Lipinski definition) is 5. The van der Waals surface area contributed by atoms with Gasteiger partial charge in [0.1, 0.15) is 5.82 Å². The molecule has 0 bridgehead atoms. The van der Waals surface area contributed by atoms with Crippen LogP contribution in [-0.2, 0) is 21.4 Å². The van der Waals surface area contributed by atoms with Crippen LogP contribution < -0.4 is 10.9 Å². The Labute approximate surface area is 199 Å². The summed E-state index contributed by atoms with van der Waals surface area (Å²) >= 11 is 0. The molecule has 0 radical (unpaired) electrons. The minimum Gasteiger partial charge on any atom is -0.329 e. The first-order valence-electron chi connectivity index (χ1n) is 11.1. The van der Waals surface area contributed by atoms with E-state index in [1.165, 1.54) is 28.6 Å². The molecule has 0 saturated heterocycles. The van der Waals surface area contributed by atoms with Crippen LogP contribution in [0.4, 0.5) is 0 Å². The molecule has 0 fully saturated rings. The number of hydrazine groups is 1. The molecule has 2 N–H and O–H groups in total. The zero-order valence-corrected chi connectivity index (χ0v) is 20.5. The summed E-state index contributed by atoms with van der Waals surface area (Å²) in [5.74, 6) is -0.120. The second-order valence-corrected chi connectivity index (χ2v) is 9.48. The summed E-state index contributed by atoms with van der Waals surface area (Å²) in [6.07, 6.45) is 2.78. The zero-order valence-electron chi connectivity index (χ0n) is 19.7. The molecule has 2 amide bonds. The van der Waals surface area contributed by atoms with Crippen LogP contribution in [-0.4, -0.2) is 47.2 Å². The molecular formula is C24H29N5O4S. The maximum Gasteiger partial charge on any atom is 0.269 e. The Kier molecular flexibility index (Phi) is 7.85. The summed E-state index contributed by atoms with van der Waals surface area (Å²) < 4.78 is 28.5. The smallest absolute Gasteiger partial charge is 0.269 e. The summed E-state index contributed by atoms with van der Waals surface area (Å²) in [5, 5.41) is 0. The average Bonchev–Trinajstić information content (AvgIpc) is 3.15. The number of imidazole rings is 1. The molecule has 3 aromatic rings. The normalized spacial score (nSPS) is 11.9. The summed E-state index contributed by atoms with van der Waals surface area (Å²) in [4.78, 5) is 29.2. The number of carbonyl (C=O) groups excluding carboxylic acids is 2. The maximum atomic E-state index is 12.5. The van der Waals surface area contributed by atoms with Crippen LogP contribution in [0.15, 0.2) is 53.4 Å². The van der Waals surface area contributed by atoms with Crippen molar-refractivity contribution in [3.63, 3.8) is 0 Å². The van der Waals surface area contributed by atoms with Crippen LogP contribution in [0.3, 0.4) is 0 Å². The lowest BCUT2D eigenvalue weighted by Gasteiger charge is -2.18. The van der Waals surface area contributed by atoms with E-state index in [-0.39, 0.29) is 4.90 Å². The van der Waals surface area contributed by atoms with E-state index in [2.05, 4.69) is 20.4 Å². The fourth-order valence-corrected chi connectivity index (χ4v) is 5.12. The summed E-state index contributed by atoms with van der Waals surface area (Å²) in [6.45, 7) is 9.07. The maximum absolute atomic E-state index is 12.5. The number of benzene rings is 2. The van der Waals surface area contributed by atoms with Gasteiger partial charge in [-0.05, 0) is 55.8 Å². The van der Waals surface area contributed by atoms with Gasteiger partial charge in [0.25, 0.3) is 11.8 Å². The quantitative estimate of drug-likeness (QED) is 0.378. The third kappa shape index (κ3) is 5.35. The number of sulfonamides is 1. The molecule has 0 atom stereocenters. The highest BCUT2D eigenvalue weighted by Gasteiger charge is 2.21. The van der Waals surface area contributed by atoms with E-state index in [0.29, 0.717) is 29.7 Å². The lowest BCUT2D eigenvalue weighted by molar-refractivity contribution is -0.117. The molecule has 9 nitrogen and oxygen atoms in total. The van der Waals surface area contributed by atoms with Crippen LogP contribution in [0, 0.1) is 6.92 Å². The number of fused-ring (bicyclic) bond motifs is 1. The Morgan fingerprint density at radius 3 is 2.32 bits per heavy atom. The van der Waals surface area contributed by atoms with Gasteiger partial charge in [-0.2, -0.15) is 4.31 Å². The van der Waals surface area contributed by atoms with Gasteiger partial charge in [-0.3, -0.25) is 20.4 Å². The van der Waals surface area contributed by atoms with E-state index in [4.69, 9.17) is 0 Å². The van der Waals surface area contributed by atoms with Crippen LogP contribution in [0.1, 0.15) is 42.5 Å². The van der Waals surface area contributed by atoms with Gasteiger partial charge in [0, 0.05) is 31.3 Å². The molecule has 1 heterocycles. The Balaban J connectivity index is 1.60. The number of carbonyl (C=O) groups is 2. The molecule has 0 aliphatic rings. The molecule has 10 heteroatoms. The van der Waals surface area contributed by atoms with E-state index in [1.807, 2.05) is 19.9 Å². The Bertz CT molecular complexity index is 1320. The molecule has 0 unspecified atom stereocenters. The monoisotopic (exact) mass is 483 g/mol. The highest BCUT2D eigenvalue weighted by molar-refractivity contribution is 7.89. The minimum absolute atomic E-state index is 0.195. The average molecular weight is 484 g/mol. The van der Waals surface area contributed by atoms with Gasteiger partial charge in [-0.25, -0.2) is 13.4 Å². The van der Waals surface area contributed by atoms with E-state index in [9.17, 15) is 18.0 Å². The summed E-state index contributed by atoms with van der Waals surface area (Å²) in [7, 11) is -3.53. The van der Waals surface area contributed by atoms with Crippen LogP contribution in [0.25, 0.3) is 17.1 Å². The van der Waals surface area contributed by atoms with E-state index in [1.54, 1.807) is 38.1 Å². The summed E-state index contributed by atoms with van der Waals surface area (Å²) in [5.41, 5.74) is 7.40. The van der Waals surface area contributed by atoms with Gasteiger partial charge in [-0.1, -0.05) is 26.0 Å². The molecule has 0 spiro atoms. The fraction of sp³-hybridized carbons (Fsp3) is 0.292. The lowest BCUT2D eigenvalue weighted by Crippen LogP contribution is -2.40. The van der Waals surface area contributed by atoms with Crippen molar-refractivity contribution >= 4 is 38.9 Å². The van der Waals surface area contributed by atoms with Gasteiger partial charge in [0.05, 0.1) is 15.9 Å². The molecule has 1 aromatic heterocycles. The first-order chi connectivity index (χ1) is 16.2. The van der Waals surface area contributed by atoms with Crippen molar-refractivity contribution in [2.24, 2.45) is 0 Å². The number of nitrogens with one attached hydrogen (secondary N) is 2. The second-order valence-electron chi connectivity index (χ2n) is 7.54. The van der Waals surface area contributed by atoms with E-state index >= 15 is 0 Å². The standard InChI is InChI=1S/C24H29N5O4S/c1-5-28(6-2)34(32,33)20-12-8-18(9-13-20)10-15-23(30)26-27-24(31)19-11-14-22-21(16-19)25-17(4)29(22)7-3/h8-16H,5-7H2,1-4H3,(H,26,30)(H,27,31)/b15-10+. The first kappa shape index (κ1) is 25.1. The van der Waals surface area contributed by atoms with E-state index < -0.39 is 21.8 Å². The first-order valence-corrected chi connectivity index (χ1v) is 12.5. The molecule has 34 heavy (non-hydrogen) atoms. The fourth-order valence-electron chi connectivity index (χ4n) is 3.66. The lowest BCUT2D eigenvalue weighted by atomic mass is 10.2. The van der Waals surface area contributed by atoms with Gasteiger partial charge in [0.2, 0.25) is 10.0 Å². The molecule has 2 aromatic carbocycles. The predicted octanol–water partition coefficient (Wildman–Crippen LogP) is 2.87. The SMILES string of the molecule is CCN(CC)S(=O)(=O)c1ccc(/C=C/C(=O)NNC(=O)c2ccc3c(c2)nc(C)n3CC)cc1. The Morgan fingerprint density at radius 2 is 1.71 bits per heavy atom. The highest BCUT2D eigenvalue weighted by atomic mass is 32.2. The third-order valence-corrected chi connectivity index (χ3v) is 7.53. The molecule has 0 aliphatic carbocycles. The number of nitrogens with zero attached hydrogens (tertiary/aromatic N) is 3. The van der Waals surface area contributed by atoms with Crippen molar-refractivity contribution in [3.05, 3.63) is 65.5 Å². The van der Waals surface area contributed by atoms with Crippen molar-refractivity contribution < 1.29 is 18.0 Å². The topological polar surface area (TPSA) is 113 Å². The molecule has 180 valence electrons. The second kappa shape index (κ2) is 10.6. The van der Waals surface area contributed by atoms with Crippen molar-refractivity contribution in [1.82, 2.24) is 24.7 Å². The van der Waals surface area contributed by atoms with Gasteiger partial charge >= 0.3 is 0 Å². The largest absolute Gasteiger partial charge is 0.329 e. The van der Waals surface area contributed by atoms with Crippen molar-refractivity contribution in [1.29, 1.82) is 0 Å². The van der Waals surface area contributed by atoms with Crippen molar-refractivity contribution in [3.8, 4) is 0 Å². The number of aromatic nitrogens is 2. The van der Waals surface area contributed by atoms with Crippen LogP contribution in [0.2, 0.25) is 0 Å². The highest BCUT2D eigenvalue weighted by Crippen LogP contribution is 2.18. The van der Waals surface area contributed by atoms with Gasteiger partial charge in [0.15, 0.2) is 0 Å². The number of amides is 2. The van der Waals surface area contributed by atoms with Gasteiger partial charge < -0.3 is 4.57 Å². The minimum atomic E-state index is -3.53.